The standard InChI is InChI=1S/C33H39F2N9O5S/c1-4-48-22-9-7-21(8-10-22)44-16-24(30(42-44)29-23(34)11-12-26(35)41-29)39-31(46)25-17-50-33(40-25)20-14-38-43(15-20)18-49-27(45)6-5-13-37-32(47)28(36)19(2)3/h11-12,14-17,19,22,28H,4-10,13,18,36H2,1-3H3,(H-,37,39,46,47)/p+2/t22?,28-/m1/s1. The summed E-state index contributed by atoms with van der Waals surface area (Å²) in [4.78, 5) is 45.7. The van der Waals surface area contributed by atoms with E-state index in [1.165, 1.54) is 22.2 Å². The Hall–Kier alpha value is -4.74. The molecule has 0 unspecified atom stereocenters. The lowest BCUT2D eigenvalue weighted by atomic mass is 9.95. The minimum atomic E-state index is -0.882. The lowest BCUT2D eigenvalue weighted by Gasteiger charge is -2.20. The monoisotopic (exact) mass is 713 g/mol. The van der Waals surface area contributed by atoms with Gasteiger partial charge in [-0.15, -0.1) is 11.3 Å². The number of aromatic nitrogens is 4. The number of ether oxygens (including phenoxy) is 2. The van der Waals surface area contributed by atoms with Gasteiger partial charge in [-0.05, 0) is 38.3 Å². The van der Waals surface area contributed by atoms with Crippen LogP contribution in [0.4, 0.5) is 8.78 Å². The zero-order valence-corrected chi connectivity index (χ0v) is 29.0. The van der Waals surface area contributed by atoms with Crippen molar-refractivity contribution in [3.05, 3.63) is 65.0 Å². The van der Waals surface area contributed by atoms with Crippen LogP contribution in [0.2, 0.25) is 0 Å². The minimum Gasteiger partial charge on any atom is -0.442 e. The molecule has 2 amide bonds. The van der Waals surface area contributed by atoms with E-state index in [4.69, 9.17) is 9.47 Å². The van der Waals surface area contributed by atoms with Crippen LogP contribution in [0.5, 0.6) is 0 Å². The number of carbonyl (C=O) groups excluding carboxylic acids is 3. The van der Waals surface area contributed by atoms with Crippen LogP contribution in [0, 0.1) is 17.7 Å². The van der Waals surface area contributed by atoms with E-state index in [-0.39, 0.29) is 59.9 Å². The van der Waals surface area contributed by atoms with Crippen molar-refractivity contribution in [1.29, 1.82) is 0 Å². The van der Waals surface area contributed by atoms with Gasteiger partial charge in [0.25, 0.3) is 11.8 Å². The fraction of sp³-hybridized carbons (Fsp3) is 0.455. The summed E-state index contributed by atoms with van der Waals surface area (Å²) in [5.41, 5.74) is 5.30. The van der Waals surface area contributed by atoms with Crippen LogP contribution in [0.25, 0.3) is 10.6 Å². The zero-order valence-electron chi connectivity index (χ0n) is 28.2. The minimum absolute atomic E-state index is 0.0103. The molecule has 1 fully saturated rings. The first-order chi connectivity index (χ1) is 24.0. The van der Waals surface area contributed by atoms with E-state index < -0.39 is 23.6 Å². The van der Waals surface area contributed by atoms with Gasteiger partial charge in [-0.3, -0.25) is 14.4 Å². The van der Waals surface area contributed by atoms with Crippen LogP contribution in [-0.2, 0) is 25.8 Å². The van der Waals surface area contributed by atoms with Gasteiger partial charge in [0, 0.05) is 60.6 Å². The van der Waals surface area contributed by atoms with Gasteiger partial charge < -0.3 is 25.8 Å². The van der Waals surface area contributed by atoms with Gasteiger partial charge in [0.05, 0.1) is 12.3 Å². The molecule has 3 aromatic heterocycles. The molecule has 14 nitrogen and oxygen atoms in total. The third-order valence-electron chi connectivity index (χ3n) is 8.21. The molecule has 4 heterocycles. The molecule has 0 radical (unpaired) electrons. The normalized spacial score (nSPS) is 16.7. The van der Waals surface area contributed by atoms with E-state index in [2.05, 4.69) is 36.5 Å². The number of nitrogens with zero attached hydrogens (tertiary/aromatic N) is 6. The average Bonchev–Trinajstić information content (AvgIpc) is 3.87. The molecule has 1 saturated carbocycles. The van der Waals surface area contributed by atoms with Crippen LogP contribution in [0.1, 0.15) is 75.5 Å². The fourth-order valence-corrected chi connectivity index (χ4v) is 6.05. The van der Waals surface area contributed by atoms with E-state index >= 15 is 0 Å². The lowest BCUT2D eigenvalue weighted by molar-refractivity contribution is -0.461. The van der Waals surface area contributed by atoms with Crippen LogP contribution in [0.15, 0.2) is 46.9 Å². The van der Waals surface area contributed by atoms with Gasteiger partial charge >= 0.3 is 5.97 Å². The third-order valence-corrected chi connectivity index (χ3v) is 9.10. The number of halogens is 2. The molecule has 0 spiro atoms. The zero-order chi connectivity index (χ0) is 35.8. The summed E-state index contributed by atoms with van der Waals surface area (Å²) in [6.07, 6.45) is 8.41. The number of hydrogen-bond donors (Lipinski definition) is 3. The summed E-state index contributed by atoms with van der Waals surface area (Å²) in [6.45, 7) is 6.64. The summed E-state index contributed by atoms with van der Waals surface area (Å²) in [7, 11) is 0. The molecule has 266 valence electrons. The Bertz CT molecular complexity index is 1810. The number of pyridine rings is 1. The average molecular weight is 714 g/mol. The second-order valence-corrected chi connectivity index (χ2v) is 13.0. The van der Waals surface area contributed by atoms with Crippen molar-refractivity contribution in [2.24, 2.45) is 11.0 Å². The van der Waals surface area contributed by atoms with Crippen molar-refractivity contribution in [2.45, 2.75) is 78.2 Å². The van der Waals surface area contributed by atoms with Gasteiger partial charge in [0.2, 0.25) is 12.1 Å². The number of hydrazone groups is 1. The molecule has 1 aliphatic heterocycles. The Labute approximate surface area is 291 Å². The Morgan fingerprint density at radius 2 is 1.96 bits per heavy atom. The van der Waals surface area contributed by atoms with E-state index in [0.717, 1.165) is 30.7 Å². The number of thiazole rings is 1. The SMILES string of the molecule is CCOC1CCC(=[N+]2C=C(NC(=O)c3csc(-c4cnn(COC(=O)CCCNC(=O)[C@H]([NH3+])C(C)C)c4)n3)C(c3nc(F)ccc3F)=N2)CC1. The highest BCUT2D eigenvalue weighted by molar-refractivity contribution is 7.13. The van der Waals surface area contributed by atoms with Crippen molar-refractivity contribution in [3.63, 3.8) is 0 Å². The second kappa shape index (κ2) is 16.8. The highest BCUT2D eigenvalue weighted by Crippen LogP contribution is 2.25. The molecule has 5 N–H and O–H groups in total. The molecule has 1 aliphatic carbocycles. The summed E-state index contributed by atoms with van der Waals surface area (Å²) in [5.74, 6) is -2.71. The number of amides is 2. The van der Waals surface area contributed by atoms with Gasteiger partial charge in [-0.1, -0.05) is 18.5 Å². The van der Waals surface area contributed by atoms with Gasteiger partial charge in [-0.25, -0.2) is 19.0 Å². The number of hydrogen-bond acceptors (Lipinski definition) is 10. The lowest BCUT2D eigenvalue weighted by Crippen LogP contribution is -2.69. The van der Waals surface area contributed by atoms with Crippen LogP contribution < -0.4 is 16.4 Å². The molecule has 0 bridgehead atoms. The first-order valence-electron chi connectivity index (χ1n) is 16.5. The van der Waals surface area contributed by atoms with Crippen molar-refractivity contribution in [1.82, 2.24) is 30.4 Å². The van der Waals surface area contributed by atoms with E-state index in [9.17, 15) is 23.2 Å². The van der Waals surface area contributed by atoms with E-state index in [0.29, 0.717) is 43.0 Å². The third kappa shape index (κ3) is 9.28. The quantitative estimate of drug-likeness (QED) is 0.0988. The predicted octanol–water partition coefficient (Wildman–Crippen LogP) is 2.77. The van der Waals surface area contributed by atoms with Crippen molar-refractivity contribution < 1.29 is 43.1 Å². The maximum absolute atomic E-state index is 14.8. The number of nitrogens with one attached hydrogen (secondary N) is 2. The molecule has 2 aliphatic rings. The molecule has 0 aromatic carbocycles. The van der Waals surface area contributed by atoms with Gasteiger partial charge in [0.15, 0.2) is 30.0 Å². The van der Waals surface area contributed by atoms with Crippen molar-refractivity contribution >= 4 is 40.5 Å². The molecular formula is C33H41F2N9O5S+2. The largest absolute Gasteiger partial charge is 0.442 e. The van der Waals surface area contributed by atoms with Crippen LogP contribution in [-0.4, -0.2) is 78.9 Å². The number of rotatable bonds is 14. The molecule has 0 saturated heterocycles. The van der Waals surface area contributed by atoms with Crippen molar-refractivity contribution in [2.75, 3.05) is 13.2 Å². The molecule has 5 rings (SSSR count). The molecule has 50 heavy (non-hydrogen) atoms. The second-order valence-electron chi connectivity index (χ2n) is 12.2. The summed E-state index contributed by atoms with van der Waals surface area (Å²) in [5, 5.41) is 16.3. The summed E-state index contributed by atoms with van der Waals surface area (Å²) in [6, 6.07) is 1.52. The Morgan fingerprint density at radius 1 is 1.18 bits per heavy atom. The van der Waals surface area contributed by atoms with Gasteiger partial charge in [0.1, 0.15) is 22.1 Å². The first kappa shape index (κ1) is 36.5. The van der Waals surface area contributed by atoms with E-state index in [1.54, 1.807) is 22.5 Å². The smallest absolute Gasteiger partial charge is 0.307 e. The highest BCUT2D eigenvalue weighted by Gasteiger charge is 2.33. The van der Waals surface area contributed by atoms with Crippen molar-refractivity contribution in [3.8, 4) is 10.6 Å². The number of quaternary nitrogens is 1. The molecular weight excluding hydrogens is 672 g/mol. The highest BCUT2D eigenvalue weighted by atomic mass is 32.1. The Balaban J connectivity index is 1.20. The Kier molecular flexibility index (Phi) is 12.3. The van der Waals surface area contributed by atoms with Crippen LogP contribution in [0.3, 0.4) is 0 Å². The number of esters is 1. The predicted molar refractivity (Wildman–Crippen MR) is 179 cm³/mol. The van der Waals surface area contributed by atoms with Gasteiger partial charge in [-0.2, -0.15) is 9.49 Å². The number of carbonyl (C=O) groups is 3. The number of allylic oxidation sites excluding steroid dienone is 1. The molecule has 3 aromatic rings. The Morgan fingerprint density at radius 3 is 2.70 bits per heavy atom. The maximum Gasteiger partial charge on any atom is 0.307 e. The fourth-order valence-electron chi connectivity index (χ4n) is 5.27. The maximum atomic E-state index is 14.8. The molecule has 17 heteroatoms. The van der Waals surface area contributed by atoms with E-state index in [1.807, 2.05) is 20.8 Å². The summed E-state index contributed by atoms with van der Waals surface area (Å²) >= 11 is 1.21. The topological polar surface area (TPSA) is 180 Å². The first-order valence-corrected chi connectivity index (χ1v) is 17.3. The van der Waals surface area contributed by atoms with Crippen LogP contribution >= 0.6 is 11.3 Å². The summed E-state index contributed by atoms with van der Waals surface area (Å²) < 4.78 is 43.0. The molecule has 1 atom stereocenters.